The monoisotopic (exact) mass is 388 g/mol. The van der Waals surface area contributed by atoms with Crippen molar-refractivity contribution in [1.82, 2.24) is 5.32 Å². The molecule has 0 aliphatic carbocycles. The van der Waals surface area contributed by atoms with Crippen LogP contribution in [0.3, 0.4) is 0 Å². The fraction of sp³-hybridized carbons (Fsp3) is 0.381. The minimum absolute atomic E-state index is 0.158. The predicted octanol–water partition coefficient (Wildman–Crippen LogP) is 3.81. The summed E-state index contributed by atoms with van der Waals surface area (Å²) in [5.74, 6) is -0.233. The van der Waals surface area contributed by atoms with Crippen molar-refractivity contribution in [2.75, 3.05) is 17.6 Å². The number of anilines is 1. The molecule has 0 bridgehead atoms. The van der Waals surface area contributed by atoms with E-state index >= 15 is 0 Å². The summed E-state index contributed by atoms with van der Waals surface area (Å²) < 4.78 is 24.9. The summed E-state index contributed by atoms with van der Waals surface area (Å²) >= 11 is 0. The number of benzene rings is 2. The highest BCUT2D eigenvalue weighted by molar-refractivity contribution is 7.92. The Morgan fingerprint density at radius 3 is 2.15 bits per heavy atom. The normalized spacial score (nSPS) is 12.6. The average molecular weight is 389 g/mol. The number of sulfonamides is 1. The third-order valence-electron chi connectivity index (χ3n) is 5.00. The summed E-state index contributed by atoms with van der Waals surface area (Å²) in [6.07, 6.45) is 1.14. The van der Waals surface area contributed by atoms with Gasteiger partial charge in [-0.05, 0) is 74.6 Å². The second-order valence-electron chi connectivity index (χ2n) is 7.22. The zero-order chi connectivity index (χ0) is 20.5. The van der Waals surface area contributed by atoms with Gasteiger partial charge < -0.3 is 5.32 Å². The molecule has 5 nitrogen and oxygen atoms in total. The fourth-order valence-corrected chi connectivity index (χ4v) is 3.63. The van der Waals surface area contributed by atoms with Crippen LogP contribution in [0.1, 0.15) is 51.1 Å². The van der Waals surface area contributed by atoms with Crippen LogP contribution in [0.15, 0.2) is 30.3 Å². The molecule has 1 amide bonds. The number of amides is 1. The molecule has 0 heterocycles. The highest BCUT2D eigenvalue weighted by Gasteiger charge is 2.18. The molecular formula is C21H28N2O3S. The van der Waals surface area contributed by atoms with Gasteiger partial charge >= 0.3 is 0 Å². The Morgan fingerprint density at radius 2 is 1.56 bits per heavy atom. The second kappa shape index (κ2) is 7.72. The summed E-state index contributed by atoms with van der Waals surface area (Å²) in [7, 11) is -1.91. The van der Waals surface area contributed by atoms with E-state index in [4.69, 9.17) is 0 Å². The Morgan fingerprint density at radius 1 is 0.963 bits per heavy atom. The van der Waals surface area contributed by atoms with Crippen LogP contribution in [0.2, 0.25) is 0 Å². The number of aryl methyl sites for hydroxylation is 4. The maximum atomic E-state index is 12.7. The van der Waals surface area contributed by atoms with Gasteiger partial charge in [-0.2, -0.15) is 0 Å². The zero-order valence-electron chi connectivity index (χ0n) is 17.0. The lowest BCUT2D eigenvalue weighted by atomic mass is 9.96. The van der Waals surface area contributed by atoms with Crippen LogP contribution in [-0.2, 0) is 10.0 Å². The van der Waals surface area contributed by atoms with Crippen molar-refractivity contribution >= 4 is 21.6 Å². The van der Waals surface area contributed by atoms with Gasteiger partial charge in [0.05, 0.1) is 18.0 Å². The lowest BCUT2D eigenvalue weighted by Crippen LogP contribution is -2.29. The van der Waals surface area contributed by atoms with Crippen molar-refractivity contribution in [3.63, 3.8) is 0 Å². The Balaban J connectivity index is 2.30. The van der Waals surface area contributed by atoms with Gasteiger partial charge in [-0.1, -0.05) is 18.2 Å². The number of hydrogen-bond acceptors (Lipinski definition) is 3. The van der Waals surface area contributed by atoms with Crippen molar-refractivity contribution in [2.24, 2.45) is 0 Å². The van der Waals surface area contributed by atoms with Crippen molar-refractivity contribution < 1.29 is 13.2 Å². The molecule has 2 aromatic carbocycles. The fourth-order valence-electron chi connectivity index (χ4n) is 3.08. The molecule has 0 fully saturated rings. The molecular weight excluding hydrogens is 360 g/mol. The van der Waals surface area contributed by atoms with Crippen LogP contribution in [0.4, 0.5) is 5.69 Å². The number of carbonyl (C=O) groups excluding carboxylic acids is 1. The first kappa shape index (κ1) is 21.0. The third kappa shape index (κ3) is 4.69. The lowest BCUT2D eigenvalue weighted by Gasteiger charge is -2.21. The molecule has 0 saturated heterocycles. The van der Waals surface area contributed by atoms with Gasteiger partial charge in [0.25, 0.3) is 5.91 Å². The largest absolute Gasteiger partial charge is 0.346 e. The maximum Gasteiger partial charge on any atom is 0.251 e. The van der Waals surface area contributed by atoms with Gasteiger partial charge in [-0.25, -0.2) is 8.42 Å². The summed E-state index contributed by atoms with van der Waals surface area (Å²) in [5.41, 5.74) is 6.34. The van der Waals surface area contributed by atoms with E-state index < -0.39 is 10.0 Å². The van der Waals surface area contributed by atoms with Crippen molar-refractivity contribution in [1.29, 1.82) is 0 Å². The molecule has 0 saturated carbocycles. The van der Waals surface area contributed by atoms with Crippen LogP contribution < -0.4 is 9.62 Å². The third-order valence-corrected chi connectivity index (χ3v) is 6.20. The average Bonchev–Trinajstić information content (AvgIpc) is 2.56. The Kier molecular flexibility index (Phi) is 6.00. The Labute approximate surface area is 162 Å². The van der Waals surface area contributed by atoms with Crippen LogP contribution >= 0.6 is 0 Å². The molecule has 6 heteroatoms. The van der Waals surface area contributed by atoms with Gasteiger partial charge in [0, 0.05) is 12.6 Å². The number of nitrogens with zero attached hydrogens (tertiary/aromatic N) is 1. The zero-order valence-corrected chi connectivity index (χ0v) is 17.9. The molecule has 2 rings (SSSR count). The molecule has 0 aliphatic rings. The van der Waals surface area contributed by atoms with Crippen LogP contribution in [-0.4, -0.2) is 27.6 Å². The quantitative estimate of drug-likeness (QED) is 0.847. The standard InChI is InChI=1S/C21H28N2O3S/c1-13-8-9-18(12-20(13)23(6)27(7,25)26)21(24)22-17(5)19-11-15(3)14(2)10-16(19)4/h8-12,17H,1-7H3,(H,22,24). The molecule has 1 N–H and O–H groups in total. The van der Waals surface area contributed by atoms with Crippen LogP contribution in [0.25, 0.3) is 0 Å². The summed E-state index contributed by atoms with van der Waals surface area (Å²) in [6, 6.07) is 9.16. The highest BCUT2D eigenvalue weighted by atomic mass is 32.2. The first-order valence-corrected chi connectivity index (χ1v) is 10.7. The van der Waals surface area contributed by atoms with Crippen molar-refractivity contribution in [3.05, 3.63) is 63.7 Å². The molecule has 1 atom stereocenters. The van der Waals surface area contributed by atoms with Crippen LogP contribution in [0, 0.1) is 27.7 Å². The van der Waals surface area contributed by atoms with E-state index in [0.717, 1.165) is 22.9 Å². The molecule has 146 valence electrons. The highest BCUT2D eigenvalue weighted by Crippen LogP contribution is 2.25. The molecule has 2 aromatic rings. The van der Waals surface area contributed by atoms with Crippen LogP contribution in [0.5, 0.6) is 0 Å². The van der Waals surface area contributed by atoms with E-state index in [0.29, 0.717) is 11.3 Å². The molecule has 27 heavy (non-hydrogen) atoms. The molecule has 0 radical (unpaired) electrons. The maximum absolute atomic E-state index is 12.7. The van der Waals surface area contributed by atoms with E-state index in [2.05, 4.69) is 31.3 Å². The van der Waals surface area contributed by atoms with Gasteiger partial charge in [-0.3, -0.25) is 9.10 Å². The molecule has 0 spiro atoms. The van der Waals surface area contributed by atoms with Gasteiger partial charge in [0.2, 0.25) is 10.0 Å². The van der Waals surface area contributed by atoms with E-state index in [-0.39, 0.29) is 11.9 Å². The van der Waals surface area contributed by atoms with Gasteiger partial charge in [0.1, 0.15) is 0 Å². The number of carbonyl (C=O) groups is 1. The van der Waals surface area contributed by atoms with E-state index in [9.17, 15) is 13.2 Å². The number of nitrogens with one attached hydrogen (secondary N) is 1. The Hall–Kier alpha value is -2.34. The molecule has 1 unspecified atom stereocenters. The molecule has 0 aromatic heterocycles. The minimum Gasteiger partial charge on any atom is -0.346 e. The topological polar surface area (TPSA) is 66.5 Å². The van der Waals surface area contributed by atoms with Crippen molar-refractivity contribution in [2.45, 2.75) is 40.7 Å². The number of hydrogen-bond donors (Lipinski definition) is 1. The smallest absolute Gasteiger partial charge is 0.251 e. The molecule has 0 aliphatic heterocycles. The summed E-state index contributed by atoms with van der Waals surface area (Å²) in [4.78, 5) is 12.7. The van der Waals surface area contributed by atoms with Gasteiger partial charge in [-0.15, -0.1) is 0 Å². The Bertz CT molecular complexity index is 981. The second-order valence-corrected chi connectivity index (χ2v) is 9.23. The first-order valence-electron chi connectivity index (χ1n) is 8.85. The lowest BCUT2D eigenvalue weighted by molar-refractivity contribution is 0.0940. The predicted molar refractivity (Wildman–Crippen MR) is 111 cm³/mol. The van der Waals surface area contributed by atoms with E-state index in [1.54, 1.807) is 18.2 Å². The summed E-state index contributed by atoms with van der Waals surface area (Å²) in [6.45, 7) is 9.93. The van der Waals surface area contributed by atoms with E-state index in [1.165, 1.54) is 22.5 Å². The SMILES string of the molecule is Cc1cc(C)c(C(C)NC(=O)c2ccc(C)c(N(C)S(C)(=O)=O)c2)cc1C. The summed E-state index contributed by atoms with van der Waals surface area (Å²) in [5, 5.41) is 3.02. The van der Waals surface area contributed by atoms with Crippen molar-refractivity contribution in [3.8, 4) is 0 Å². The van der Waals surface area contributed by atoms with E-state index in [1.807, 2.05) is 20.8 Å². The first-order chi connectivity index (χ1) is 12.4. The van der Waals surface area contributed by atoms with Gasteiger partial charge in [0.15, 0.2) is 0 Å². The minimum atomic E-state index is -3.40. The number of rotatable bonds is 5.